The van der Waals surface area contributed by atoms with Crippen LogP contribution in [0.25, 0.3) is 0 Å². The molecule has 0 aromatic heterocycles. The zero-order valence-electron chi connectivity index (χ0n) is 15.9. The quantitative estimate of drug-likeness (QED) is 0.527. The molecule has 0 unspecified atom stereocenters. The molecule has 1 aliphatic heterocycles. The second-order valence-electron chi connectivity index (χ2n) is 6.75. The van der Waals surface area contributed by atoms with Crippen molar-refractivity contribution >= 4 is 23.2 Å². The number of anilines is 1. The monoisotopic (exact) mass is 446 g/mol. The molecule has 0 aliphatic carbocycles. The Labute approximate surface area is 175 Å². The van der Waals surface area contributed by atoms with Crippen molar-refractivity contribution in [3.8, 4) is 5.75 Å². The van der Waals surface area contributed by atoms with E-state index in [-0.39, 0.29) is 22.4 Å². The highest BCUT2D eigenvalue weighted by atomic mass is 35.5. The van der Waals surface area contributed by atoms with Gasteiger partial charge in [-0.05, 0) is 30.3 Å². The average molecular weight is 447 g/mol. The molecule has 2 aromatic rings. The first kappa shape index (κ1) is 22.2. The Hall–Kier alpha value is -2.52. The van der Waals surface area contributed by atoms with Crippen LogP contribution >= 0.6 is 11.6 Å². The highest BCUT2D eigenvalue weighted by Gasteiger charge is 2.30. The molecule has 30 heavy (non-hydrogen) atoms. The van der Waals surface area contributed by atoms with Crippen molar-refractivity contribution in [3.63, 3.8) is 0 Å². The average Bonchev–Trinajstić information content (AvgIpc) is 2.70. The van der Waals surface area contributed by atoms with E-state index in [0.717, 1.165) is 24.3 Å². The summed E-state index contributed by atoms with van der Waals surface area (Å²) in [5.74, 6) is -1.45. The van der Waals surface area contributed by atoms with Gasteiger partial charge in [0.05, 0.1) is 23.3 Å². The number of alkyl halides is 3. The van der Waals surface area contributed by atoms with Crippen molar-refractivity contribution in [3.05, 3.63) is 58.4 Å². The number of nitrogens with one attached hydrogen (secondary N) is 1. The lowest BCUT2D eigenvalue weighted by Gasteiger charge is -2.34. The van der Waals surface area contributed by atoms with Crippen LogP contribution in [0.2, 0.25) is 5.02 Å². The summed E-state index contributed by atoms with van der Waals surface area (Å²) in [6.45, 7) is 1.12. The topological polar surface area (TPSA) is 50.8 Å². The van der Waals surface area contributed by atoms with Gasteiger partial charge < -0.3 is 9.64 Å². The van der Waals surface area contributed by atoms with Crippen molar-refractivity contribution in [2.24, 2.45) is 0 Å². The number of hydrogen-bond acceptors (Lipinski definition) is 4. The van der Waals surface area contributed by atoms with E-state index >= 15 is 0 Å². The number of piperidine rings is 1. The van der Waals surface area contributed by atoms with Crippen LogP contribution in [0.5, 0.6) is 5.75 Å². The molecule has 0 saturated carbocycles. The number of rotatable bonds is 5. The summed E-state index contributed by atoms with van der Waals surface area (Å²) in [6, 6.07) is 7.22. The highest BCUT2D eigenvalue weighted by Crippen LogP contribution is 2.33. The van der Waals surface area contributed by atoms with Crippen LogP contribution in [0.1, 0.15) is 28.8 Å². The normalized spacial score (nSPS) is 15.2. The molecule has 0 bridgehead atoms. The van der Waals surface area contributed by atoms with E-state index in [1.54, 1.807) is 0 Å². The minimum Gasteiger partial charge on any atom is -0.489 e. The summed E-state index contributed by atoms with van der Waals surface area (Å²) in [5.41, 5.74) is 1.75. The molecular formula is C20H19ClF4N2O3. The van der Waals surface area contributed by atoms with Gasteiger partial charge in [0.2, 0.25) is 0 Å². The molecule has 1 heterocycles. The Morgan fingerprint density at radius 1 is 1.17 bits per heavy atom. The van der Waals surface area contributed by atoms with Crippen LogP contribution in [-0.4, -0.2) is 32.2 Å². The number of carbonyl (C=O) groups is 1. The molecular weight excluding hydrogens is 428 g/mol. The van der Waals surface area contributed by atoms with Crippen molar-refractivity contribution in [1.82, 2.24) is 5.48 Å². The number of hydrogen-bond donors (Lipinski definition) is 1. The first-order valence-electron chi connectivity index (χ1n) is 9.10. The first-order chi connectivity index (χ1) is 14.2. The summed E-state index contributed by atoms with van der Waals surface area (Å²) in [5, 5.41) is 0.0859. The van der Waals surface area contributed by atoms with Crippen molar-refractivity contribution in [2.45, 2.75) is 25.1 Å². The van der Waals surface area contributed by atoms with Crippen molar-refractivity contribution < 1.29 is 31.9 Å². The molecule has 1 saturated heterocycles. The standard InChI is InChI=1S/C20H19ClF4N2O3/c1-29-26-19(28)15-10-16(21)18(11-17(15)22)30-14-6-8-27(9-7-14)13-4-2-12(3-5-13)20(23,24)25/h2-5,10-11,14H,6-9H2,1H3,(H,26,28). The van der Waals surface area contributed by atoms with E-state index in [1.165, 1.54) is 19.2 Å². The number of halogens is 5. The number of hydroxylamine groups is 1. The van der Waals surface area contributed by atoms with Crippen molar-refractivity contribution in [2.75, 3.05) is 25.1 Å². The molecule has 2 aromatic carbocycles. The van der Waals surface area contributed by atoms with E-state index in [0.29, 0.717) is 31.6 Å². The minimum absolute atomic E-state index is 0.0859. The lowest BCUT2D eigenvalue weighted by atomic mass is 10.1. The summed E-state index contributed by atoms with van der Waals surface area (Å²) in [6.07, 6.45) is -3.46. The molecule has 10 heteroatoms. The van der Waals surface area contributed by atoms with Gasteiger partial charge in [0.25, 0.3) is 5.91 Å². The summed E-state index contributed by atoms with van der Waals surface area (Å²) in [4.78, 5) is 18.2. The second kappa shape index (κ2) is 9.09. The van der Waals surface area contributed by atoms with Crippen molar-refractivity contribution in [1.29, 1.82) is 0 Å². The Kier molecular flexibility index (Phi) is 6.72. The van der Waals surface area contributed by atoms with Gasteiger partial charge in [0.15, 0.2) is 0 Å². The van der Waals surface area contributed by atoms with Gasteiger partial charge in [-0.25, -0.2) is 9.87 Å². The smallest absolute Gasteiger partial charge is 0.416 e. The van der Waals surface area contributed by atoms with Crippen LogP contribution in [0.15, 0.2) is 36.4 Å². The van der Waals surface area contributed by atoms with Gasteiger partial charge in [0.1, 0.15) is 17.7 Å². The van der Waals surface area contributed by atoms with E-state index in [4.69, 9.17) is 16.3 Å². The maximum absolute atomic E-state index is 14.2. The van der Waals surface area contributed by atoms with Crippen LogP contribution in [0.4, 0.5) is 23.2 Å². The molecule has 5 nitrogen and oxygen atoms in total. The SMILES string of the molecule is CONC(=O)c1cc(Cl)c(OC2CCN(c3ccc(C(F)(F)F)cc3)CC2)cc1F. The molecule has 1 amide bonds. The van der Waals surface area contributed by atoms with E-state index in [2.05, 4.69) is 4.84 Å². The number of amides is 1. The zero-order chi connectivity index (χ0) is 21.9. The Morgan fingerprint density at radius 3 is 2.37 bits per heavy atom. The lowest BCUT2D eigenvalue weighted by Crippen LogP contribution is -2.38. The van der Waals surface area contributed by atoms with Gasteiger partial charge in [-0.1, -0.05) is 11.6 Å². The van der Waals surface area contributed by atoms with E-state index in [9.17, 15) is 22.4 Å². The highest BCUT2D eigenvalue weighted by molar-refractivity contribution is 6.32. The summed E-state index contributed by atoms with van der Waals surface area (Å²) >= 11 is 6.13. The fourth-order valence-electron chi connectivity index (χ4n) is 3.21. The maximum atomic E-state index is 14.2. The third-order valence-corrected chi connectivity index (χ3v) is 5.05. The number of ether oxygens (including phenoxy) is 1. The summed E-state index contributed by atoms with van der Waals surface area (Å²) in [7, 11) is 1.23. The van der Waals surface area contributed by atoms with Crippen LogP contribution in [-0.2, 0) is 11.0 Å². The molecule has 1 fully saturated rings. The third kappa shape index (κ3) is 5.14. The molecule has 0 spiro atoms. The molecule has 0 atom stereocenters. The molecule has 1 N–H and O–H groups in total. The predicted molar refractivity (Wildman–Crippen MR) is 103 cm³/mol. The first-order valence-corrected chi connectivity index (χ1v) is 9.48. The number of nitrogens with zero attached hydrogens (tertiary/aromatic N) is 1. The summed E-state index contributed by atoms with van der Waals surface area (Å²) < 4.78 is 58.1. The van der Waals surface area contributed by atoms with Gasteiger partial charge in [-0.3, -0.25) is 9.63 Å². The van der Waals surface area contributed by atoms with Gasteiger partial charge >= 0.3 is 6.18 Å². The minimum atomic E-state index is -4.37. The fraction of sp³-hybridized carbons (Fsp3) is 0.350. The molecule has 162 valence electrons. The predicted octanol–water partition coefficient (Wildman–Crippen LogP) is 4.84. The Balaban J connectivity index is 1.61. The Bertz CT molecular complexity index is 898. The van der Waals surface area contributed by atoms with Crippen LogP contribution in [0, 0.1) is 5.82 Å². The molecule has 0 radical (unpaired) electrons. The zero-order valence-corrected chi connectivity index (χ0v) is 16.7. The third-order valence-electron chi connectivity index (χ3n) is 4.76. The molecule has 1 aliphatic rings. The van der Waals surface area contributed by atoms with Crippen LogP contribution in [0.3, 0.4) is 0 Å². The lowest BCUT2D eigenvalue weighted by molar-refractivity contribution is -0.137. The second-order valence-corrected chi connectivity index (χ2v) is 7.15. The van der Waals surface area contributed by atoms with Gasteiger partial charge in [-0.2, -0.15) is 13.2 Å². The van der Waals surface area contributed by atoms with Gasteiger partial charge in [0, 0.05) is 37.7 Å². The van der Waals surface area contributed by atoms with E-state index < -0.39 is 23.5 Å². The molecule has 3 rings (SSSR count). The maximum Gasteiger partial charge on any atom is 0.416 e. The van der Waals surface area contributed by atoms with E-state index in [1.807, 2.05) is 10.4 Å². The fourth-order valence-corrected chi connectivity index (χ4v) is 3.42. The van der Waals surface area contributed by atoms with Gasteiger partial charge in [-0.15, -0.1) is 0 Å². The number of carbonyl (C=O) groups excluding carboxylic acids is 1. The Morgan fingerprint density at radius 2 is 1.80 bits per heavy atom. The van der Waals surface area contributed by atoms with Crippen LogP contribution < -0.4 is 15.1 Å². The largest absolute Gasteiger partial charge is 0.489 e. The number of benzene rings is 2.